The largest absolute Gasteiger partial charge is 0.450 e. The second-order valence-electron chi connectivity index (χ2n) is 5.62. The highest BCUT2D eigenvalue weighted by atomic mass is 32.2. The van der Waals surface area contributed by atoms with Crippen LogP contribution in [0, 0.1) is 5.92 Å². The van der Waals surface area contributed by atoms with E-state index in [-0.39, 0.29) is 19.2 Å². The highest BCUT2D eigenvalue weighted by molar-refractivity contribution is 7.91. The predicted octanol–water partition coefficient (Wildman–Crippen LogP) is 2.75. The van der Waals surface area contributed by atoms with Gasteiger partial charge in [0.25, 0.3) is 0 Å². The smallest absolute Gasteiger partial charge is 0.407 e. The Morgan fingerprint density at radius 2 is 2.00 bits per heavy atom. The Labute approximate surface area is 142 Å². The van der Waals surface area contributed by atoms with Gasteiger partial charge >= 0.3 is 6.09 Å². The van der Waals surface area contributed by atoms with Crippen LogP contribution in [0.5, 0.6) is 0 Å². The Kier molecular flexibility index (Phi) is 8.01. The van der Waals surface area contributed by atoms with Crippen molar-refractivity contribution in [2.24, 2.45) is 5.92 Å². The summed E-state index contributed by atoms with van der Waals surface area (Å²) in [6.45, 7) is 8.15. The van der Waals surface area contributed by atoms with Gasteiger partial charge in [0.2, 0.25) is 10.0 Å². The van der Waals surface area contributed by atoms with E-state index in [1.165, 1.54) is 11.3 Å². The Hall–Kier alpha value is -1.12. The van der Waals surface area contributed by atoms with Gasteiger partial charge in [-0.3, -0.25) is 0 Å². The number of ether oxygens (including phenoxy) is 1. The molecule has 0 aliphatic carbocycles. The maximum Gasteiger partial charge on any atom is 0.407 e. The minimum Gasteiger partial charge on any atom is -0.450 e. The van der Waals surface area contributed by atoms with Gasteiger partial charge in [0.1, 0.15) is 4.21 Å². The lowest BCUT2D eigenvalue weighted by molar-refractivity contribution is 0.146. The van der Waals surface area contributed by atoms with Gasteiger partial charge in [-0.1, -0.05) is 20.8 Å². The van der Waals surface area contributed by atoms with Gasteiger partial charge in [0, 0.05) is 17.5 Å². The Morgan fingerprint density at radius 3 is 2.52 bits per heavy atom. The number of sulfonamides is 1. The van der Waals surface area contributed by atoms with Crippen LogP contribution in [0.1, 0.15) is 39.0 Å². The fourth-order valence-corrected chi connectivity index (χ4v) is 4.50. The van der Waals surface area contributed by atoms with Crippen LogP contribution >= 0.6 is 11.3 Å². The van der Waals surface area contributed by atoms with Gasteiger partial charge < -0.3 is 10.1 Å². The van der Waals surface area contributed by atoms with Crippen LogP contribution < -0.4 is 10.0 Å². The third-order valence-corrected chi connectivity index (χ3v) is 6.27. The summed E-state index contributed by atoms with van der Waals surface area (Å²) >= 11 is 1.26. The first-order chi connectivity index (χ1) is 10.8. The molecule has 0 radical (unpaired) electrons. The molecule has 1 aromatic rings. The van der Waals surface area contributed by atoms with Crippen LogP contribution in [0.15, 0.2) is 16.3 Å². The number of amides is 1. The van der Waals surface area contributed by atoms with E-state index in [2.05, 4.69) is 10.0 Å². The second kappa shape index (κ2) is 9.24. The second-order valence-corrected chi connectivity index (χ2v) is 8.78. The molecular weight excluding hydrogens is 336 g/mol. The maximum absolute atomic E-state index is 12.3. The lowest BCUT2D eigenvalue weighted by atomic mass is 10.0. The average Bonchev–Trinajstić information content (AvgIpc) is 2.94. The number of aryl methyl sites for hydroxylation is 1. The highest BCUT2D eigenvalue weighted by Crippen LogP contribution is 2.21. The summed E-state index contributed by atoms with van der Waals surface area (Å²) in [7, 11) is -3.55. The number of carbonyl (C=O) groups is 1. The van der Waals surface area contributed by atoms with Crippen molar-refractivity contribution < 1.29 is 17.9 Å². The molecule has 1 aromatic heterocycles. The van der Waals surface area contributed by atoms with Crippen LogP contribution in [-0.2, 0) is 21.2 Å². The summed E-state index contributed by atoms with van der Waals surface area (Å²) in [6, 6.07) is 3.12. The highest BCUT2D eigenvalue weighted by Gasteiger charge is 2.21. The molecule has 6 nitrogen and oxygen atoms in total. The first-order valence-electron chi connectivity index (χ1n) is 7.80. The minimum absolute atomic E-state index is 0.138. The Balaban J connectivity index is 2.69. The Morgan fingerprint density at radius 1 is 1.30 bits per heavy atom. The normalized spacial score (nSPS) is 13.1. The number of nitrogens with one attached hydrogen (secondary N) is 2. The summed E-state index contributed by atoms with van der Waals surface area (Å²) in [6.07, 6.45) is 0.939. The molecule has 1 atom stereocenters. The molecule has 0 aliphatic heterocycles. The molecule has 8 heteroatoms. The number of hydrogen-bond acceptors (Lipinski definition) is 5. The van der Waals surface area contributed by atoms with Crippen molar-refractivity contribution >= 4 is 27.5 Å². The van der Waals surface area contributed by atoms with Crippen molar-refractivity contribution in [3.63, 3.8) is 0 Å². The maximum atomic E-state index is 12.3. The molecule has 0 saturated heterocycles. The molecule has 0 fully saturated rings. The molecule has 1 heterocycles. The lowest BCUT2D eigenvalue weighted by Gasteiger charge is -2.20. The zero-order valence-corrected chi connectivity index (χ0v) is 15.7. The van der Waals surface area contributed by atoms with Gasteiger partial charge in [-0.05, 0) is 37.8 Å². The number of hydrogen-bond donors (Lipinski definition) is 2. The summed E-state index contributed by atoms with van der Waals surface area (Å²) in [4.78, 5) is 12.6. The standard InChI is InChI=1S/C15H26N2O4S2/c1-5-13-7-8-14(22-13)23(19,20)16-10-12(9-11(3)4)17-15(18)21-6-2/h7-8,11-12,16H,5-6,9-10H2,1-4H3,(H,17,18). The summed E-state index contributed by atoms with van der Waals surface area (Å²) in [5.41, 5.74) is 0. The molecule has 132 valence electrons. The summed E-state index contributed by atoms with van der Waals surface area (Å²) in [5, 5.41) is 2.70. The van der Waals surface area contributed by atoms with Crippen molar-refractivity contribution in [3.05, 3.63) is 17.0 Å². The van der Waals surface area contributed by atoms with E-state index >= 15 is 0 Å². The van der Waals surface area contributed by atoms with Crippen molar-refractivity contribution in [2.45, 2.75) is 50.8 Å². The summed E-state index contributed by atoms with van der Waals surface area (Å²) < 4.78 is 32.4. The van der Waals surface area contributed by atoms with Gasteiger partial charge in [-0.2, -0.15) is 0 Å². The van der Waals surface area contributed by atoms with Crippen molar-refractivity contribution in [3.8, 4) is 0 Å². The van der Waals surface area contributed by atoms with Gasteiger partial charge in [0.05, 0.1) is 6.61 Å². The van der Waals surface area contributed by atoms with Crippen molar-refractivity contribution in [2.75, 3.05) is 13.2 Å². The zero-order chi connectivity index (χ0) is 17.5. The predicted molar refractivity (Wildman–Crippen MR) is 92.3 cm³/mol. The van der Waals surface area contributed by atoms with E-state index in [0.29, 0.717) is 16.5 Å². The molecular formula is C15H26N2O4S2. The molecule has 0 aliphatic rings. The third-order valence-electron chi connectivity index (χ3n) is 3.12. The van der Waals surface area contributed by atoms with Crippen LogP contribution in [0.2, 0.25) is 0 Å². The fraction of sp³-hybridized carbons (Fsp3) is 0.667. The van der Waals surface area contributed by atoms with E-state index in [1.54, 1.807) is 13.0 Å². The van der Waals surface area contributed by atoms with Crippen LogP contribution in [0.3, 0.4) is 0 Å². The van der Waals surface area contributed by atoms with Crippen LogP contribution in [0.25, 0.3) is 0 Å². The van der Waals surface area contributed by atoms with E-state index in [1.807, 2.05) is 26.8 Å². The van der Waals surface area contributed by atoms with Gasteiger partial charge in [-0.25, -0.2) is 17.9 Å². The molecule has 0 bridgehead atoms. The van der Waals surface area contributed by atoms with Crippen molar-refractivity contribution in [1.82, 2.24) is 10.0 Å². The average molecular weight is 363 g/mol. The van der Waals surface area contributed by atoms with E-state index in [4.69, 9.17) is 4.74 Å². The first kappa shape index (κ1) is 19.9. The fourth-order valence-electron chi connectivity index (χ4n) is 2.08. The Bertz CT molecular complexity index is 596. The molecule has 0 spiro atoms. The minimum atomic E-state index is -3.55. The zero-order valence-electron chi connectivity index (χ0n) is 14.1. The quantitative estimate of drug-likeness (QED) is 0.707. The van der Waals surface area contributed by atoms with E-state index in [0.717, 1.165) is 11.3 Å². The number of thiophene rings is 1. The van der Waals surface area contributed by atoms with Crippen LogP contribution in [-0.4, -0.2) is 33.7 Å². The lowest BCUT2D eigenvalue weighted by Crippen LogP contribution is -2.44. The van der Waals surface area contributed by atoms with Gasteiger partial charge in [0.15, 0.2) is 0 Å². The number of alkyl carbamates (subject to hydrolysis) is 1. The molecule has 0 saturated carbocycles. The number of rotatable bonds is 9. The van der Waals surface area contributed by atoms with Crippen molar-refractivity contribution in [1.29, 1.82) is 0 Å². The first-order valence-corrected chi connectivity index (χ1v) is 10.1. The topological polar surface area (TPSA) is 84.5 Å². The summed E-state index contributed by atoms with van der Waals surface area (Å²) in [5.74, 6) is 0.319. The SMILES string of the molecule is CCOC(=O)NC(CNS(=O)(=O)c1ccc(CC)s1)CC(C)C. The molecule has 2 N–H and O–H groups in total. The molecule has 1 amide bonds. The van der Waals surface area contributed by atoms with E-state index in [9.17, 15) is 13.2 Å². The molecule has 1 unspecified atom stereocenters. The van der Waals surface area contributed by atoms with Gasteiger partial charge in [-0.15, -0.1) is 11.3 Å². The molecule has 0 aromatic carbocycles. The third kappa shape index (κ3) is 6.88. The molecule has 1 rings (SSSR count). The van der Waals surface area contributed by atoms with Crippen LogP contribution in [0.4, 0.5) is 4.79 Å². The number of carbonyl (C=O) groups excluding carboxylic acids is 1. The van der Waals surface area contributed by atoms with E-state index < -0.39 is 16.1 Å². The molecule has 23 heavy (non-hydrogen) atoms. The monoisotopic (exact) mass is 362 g/mol.